The summed E-state index contributed by atoms with van der Waals surface area (Å²) >= 11 is 5.31. The number of rotatable bonds is 8. The summed E-state index contributed by atoms with van der Waals surface area (Å²) in [6, 6.07) is 23.4. The van der Waals surface area contributed by atoms with Gasteiger partial charge >= 0.3 is 0 Å². The first kappa shape index (κ1) is 24.9. The minimum atomic E-state index is -0.353. The Morgan fingerprint density at radius 2 is 1.59 bits per heavy atom. The van der Waals surface area contributed by atoms with Crippen LogP contribution in [0.15, 0.2) is 78.9 Å². The summed E-state index contributed by atoms with van der Waals surface area (Å²) in [7, 11) is 1.73. The quantitative estimate of drug-likeness (QED) is 0.420. The molecule has 0 aromatic heterocycles. The number of nitrogens with zero attached hydrogens (tertiary/aromatic N) is 1. The monoisotopic (exact) mass is 475 g/mol. The van der Waals surface area contributed by atoms with Gasteiger partial charge in [-0.05, 0) is 73.1 Å². The van der Waals surface area contributed by atoms with E-state index >= 15 is 0 Å². The molecule has 0 aliphatic carbocycles. The lowest BCUT2D eigenvalue weighted by molar-refractivity contribution is 0.0970. The molecule has 3 aromatic carbocycles. The third-order valence-electron chi connectivity index (χ3n) is 5.15. The second-order valence-electron chi connectivity index (χ2n) is 8.21. The molecule has 0 atom stereocenters. The van der Waals surface area contributed by atoms with Crippen molar-refractivity contribution in [3.63, 3.8) is 0 Å². The number of benzene rings is 3. The number of carbonyl (C=O) groups is 2. The first-order valence-corrected chi connectivity index (χ1v) is 11.5. The number of para-hydroxylation sites is 2. The van der Waals surface area contributed by atoms with Crippen LogP contribution in [0.4, 0.5) is 11.4 Å². The van der Waals surface area contributed by atoms with E-state index < -0.39 is 0 Å². The average molecular weight is 476 g/mol. The molecule has 0 heterocycles. The largest absolute Gasteiger partial charge is 0.493 e. The van der Waals surface area contributed by atoms with Crippen molar-refractivity contribution in [2.24, 2.45) is 5.92 Å². The summed E-state index contributed by atoms with van der Waals surface area (Å²) in [5.41, 5.74) is 2.43. The highest BCUT2D eigenvalue weighted by Gasteiger charge is 2.15. The van der Waals surface area contributed by atoms with E-state index in [0.717, 1.165) is 12.1 Å². The Hall–Kier alpha value is -3.71. The van der Waals surface area contributed by atoms with Crippen LogP contribution in [0.25, 0.3) is 0 Å². The molecule has 0 aliphatic rings. The number of thiocarbonyl (C=S) groups is 1. The van der Waals surface area contributed by atoms with Crippen LogP contribution >= 0.6 is 12.2 Å². The van der Waals surface area contributed by atoms with Gasteiger partial charge in [0.1, 0.15) is 5.75 Å². The normalized spacial score (nSPS) is 10.5. The lowest BCUT2D eigenvalue weighted by Crippen LogP contribution is -2.34. The fourth-order valence-corrected chi connectivity index (χ4v) is 3.39. The van der Waals surface area contributed by atoms with E-state index in [1.54, 1.807) is 54.4 Å². The van der Waals surface area contributed by atoms with Crippen molar-refractivity contribution in [2.45, 2.75) is 20.3 Å². The Bertz CT molecular complexity index is 1130. The predicted molar refractivity (Wildman–Crippen MR) is 141 cm³/mol. The van der Waals surface area contributed by atoms with Crippen LogP contribution < -0.4 is 20.3 Å². The van der Waals surface area contributed by atoms with Crippen molar-refractivity contribution < 1.29 is 14.3 Å². The average Bonchev–Trinajstić information content (AvgIpc) is 2.84. The first-order valence-electron chi connectivity index (χ1n) is 11.1. The lowest BCUT2D eigenvalue weighted by Gasteiger charge is -2.17. The molecular weight excluding hydrogens is 446 g/mol. The Morgan fingerprint density at radius 1 is 0.941 bits per heavy atom. The van der Waals surface area contributed by atoms with E-state index in [2.05, 4.69) is 24.5 Å². The van der Waals surface area contributed by atoms with Gasteiger partial charge < -0.3 is 15.0 Å². The third-order valence-corrected chi connectivity index (χ3v) is 5.35. The van der Waals surface area contributed by atoms with Crippen LogP contribution in [0.5, 0.6) is 5.75 Å². The molecule has 6 nitrogen and oxygen atoms in total. The predicted octanol–water partition coefficient (Wildman–Crippen LogP) is 5.51. The number of ether oxygens (including phenoxy) is 1. The molecule has 0 aliphatic heterocycles. The van der Waals surface area contributed by atoms with E-state index in [1.807, 2.05) is 36.4 Å². The maximum Gasteiger partial charge on any atom is 0.261 e. The van der Waals surface area contributed by atoms with Crippen LogP contribution in [-0.2, 0) is 0 Å². The summed E-state index contributed by atoms with van der Waals surface area (Å²) in [4.78, 5) is 27.1. The highest BCUT2D eigenvalue weighted by molar-refractivity contribution is 7.80. The maximum atomic E-state index is 12.7. The van der Waals surface area contributed by atoms with Crippen LogP contribution in [0.1, 0.15) is 41.0 Å². The van der Waals surface area contributed by atoms with Crippen LogP contribution in [0.3, 0.4) is 0 Å². The molecule has 176 valence electrons. The molecule has 0 saturated carbocycles. The lowest BCUT2D eigenvalue weighted by atomic mass is 10.1. The Kier molecular flexibility index (Phi) is 8.76. The third kappa shape index (κ3) is 6.89. The van der Waals surface area contributed by atoms with Gasteiger partial charge in [-0.25, -0.2) is 0 Å². The van der Waals surface area contributed by atoms with Crippen LogP contribution in [0.2, 0.25) is 0 Å². The molecule has 0 fully saturated rings. The molecule has 0 bridgehead atoms. The number of hydrogen-bond acceptors (Lipinski definition) is 4. The molecule has 2 amide bonds. The molecular formula is C27H29N3O3S. The van der Waals surface area contributed by atoms with Crippen molar-refractivity contribution >= 4 is 40.5 Å². The molecule has 3 rings (SSSR count). The Balaban J connectivity index is 1.58. The SMILES string of the molecule is CC(C)CCOc1ccccc1C(=O)NC(=S)Nc1ccc(C(=O)N(C)c2ccccc2)cc1. The van der Waals surface area contributed by atoms with Gasteiger partial charge in [0.25, 0.3) is 11.8 Å². The van der Waals surface area contributed by atoms with Crippen LogP contribution in [-0.4, -0.2) is 30.6 Å². The summed E-state index contributed by atoms with van der Waals surface area (Å²) in [6.45, 7) is 4.78. The zero-order valence-corrected chi connectivity index (χ0v) is 20.4. The van der Waals surface area contributed by atoms with Crippen LogP contribution in [0, 0.1) is 5.92 Å². The molecule has 34 heavy (non-hydrogen) atoms. The van der Waals surface area contributed by atoms with Crippen molar-refractivity contribution in [2.75, 3.05) is 23.9 Å². The van der Waals surface area contributed by atoms with Gasteiger partial charge in [0.15, 0.2) is 5.11 Å². The molecule has 3 aromatic rings. The Labute approximate surface area is 205 Å². The van der Waals surface area contributed by atoms with E-state index in [4.69, 9.17) is 17.0 Å². The summed E-state index contributed by atoms with van der Waals surface area (Å²) in [6.07, 6.45) is 0.898. The van der Waals surface area contributed by atoms with Gasteiger partial charge in [-0.2, -0.15) is 0 Å². The number of amides is 2. The molecule has 0 unspecified atom stereocenters. The van der Waals surface area contributed by atoms with Crippen molar-refractivity contribution in [1.29, 1.82) is 0 Å². The zero-order valence-electron chi connectivity index (χ0n) is 19.6. The zero-order chi connectivity index (χ0) is 24.5. The number of anilines is 2. The van der Waals surface area contributed by atoms with E-state index in [-0.39, 0.29) is 16.9 Å². The molecule has 0 saturated heterocycles. The highest BCUT2D eigenvalue weighted by Crippen LogP contribution is 2.19. The fourth-order valence-electron chi connectivity index (χ4n) is 3.18. The van der Waals surface area contributed by atoms with Crippen molar-refractivity contribution in [1.82, 2.24) is 5.32 Å². The van der Waals surface area contributed by atoms with Crippen molar-refractivity contribution in [3.05, 3.63) is 90.0 Å². The Morgan fingerprint density at radius 3 is 2.26 bits per heavy atom. The number of nitrogens with one attached hydrogen (secondary N) is 2. The minimum absolute atomic E-state index is 0.122. The fraction of sp³-hybridized carbons (Fsp3) is 0.222. The number of hydrogen-bond donors (Lipinski definition) is 2. The van der Waals surface area contributed by atoms with Gasteiger partial charge in [-0.1, -0.05) is 44.2 Å². The molecule has 7 heteroatoms. The second kappa shape index (κ2) is 12.0. The number of carbonyl (C=O) groups excluding carboxylic acids is 2. The van der Waals surface area contributed by atoms with E-state index in [9.17, 15) is 9.59 Å². The summed E-state index contributed by atoms with van der Waals surface area (Å²) < 4.78 is 5.80. The van der Waals surface area contributed by atoms with Gasteiger partial charge in [0.05, 0.1) is 12.2 Å². The highest BCUT2D eigenvalue weighted by atomic mass is 32.1. The summed E-state index contributed by atoms with van der Waals surface area (Å²) in [5.74, 6) is 0.559. The standard InChI is InChI=1S/C27H29N3O3S/c1-19(2)17-18-33-24-12-8-7-11-23(24)25(31)29-27(34)28-21-15-13-20(14-16-21)26(32)30(3)22-9-5-4-6-10-22/h4-16,19H,17-18H2,1-3H3,(H2,28,29,31,34). The summed E-state index contributed by atoms with van der Waals surface area (Å²) in [5, 5.41) is 5.82. The van der Waals surface area contributed by atoms with Gasteiger partial charge in [0, 0.05) is 24.0 Å². The topological polar surface area (TPSA) is 70.7 Å². The van der Waals surface area contributed by atoms with E-state index in [0.29, 0.717) is 35.1 Å². The first-order chi connectivity index (χ1) is 16.3. The second-order valence-corrected chi connectivity index (χ2v) is 8.62. The molecule has 0 radical (unpaired) electrons. The molecule has 2 N–H and O–H groups in total. The maximum absolute atomic E-state index is 12.7. The van der Waals surface area contributed by atoms with Gasteiger partial charge in [-0.15, -0.1) is 0 Å². The van der Waals surface area contributed by atoms with E-state index in [1.165, 1.54) is 0 Å². The van der Waals surface area contributed by atoms with Gasteiger partial charge in [-0.3, -0.25) is 14.9 Å². The van der Waals surface area contributed by atoms with Gasteiger partial charge in [0.2, 0.25) is 0 Å². The smallest absolute Gasteiger partial charge is 0.261 e. The molecule has 0 spiro atoms. The van der Waals surface area contributed by atoms with Crippen molar-refractivity contribution in [3.8, 4) is 5.75 Å². The minimum Gasteiger partial charge on any atom is -0.493 e.